The van der Waals surface area contributed by atoms with Crippen molar-refractivity contribution in [1.82, 2.24) is 10.2 Å². The van der Waals surface area contributed by atoms with Crippen LogP contribution in [0, 0.1) is 5.41 Å². The molecule has 0 fully saturated rings. The molecule has 1 aliphatic heterocycles. The summed E-state index contributed by atoms with van der Waals surface area (Å²) in [6, 6.07) is 0.636. The molecular weight excluding hydrogens is 230 g/mol. The molecule has 0 aromatic heterocycles. The van der Waals surface area contributed by atoms with Crippen LogP contribution in [0.25, 0.3) is 0 Å². The van der Waals surface area contributed by atoms with Gasteiger partial charge in [0.2, 0.25) is 0 Å². The second-order valence-electron chi connectivity index (χ2n) is 5.93. The van der Waals surface area contributed by atoms with Crippen LogP contribution >= 0.6 is 11.8 Å². The van der Waals surface area contributed by atoms with Gasteiger partial charge in [0.05, 0.1) is 0 Å². The zero-order chi connectivity index (χ0) is 12.9. The van der Waals surface area contributed by atoms with Crippen LogP contribution in [0.5, 0.6) is 0 Å². The molecule has 1 heterocycles. The van der Waals surface area contributed by atoms with E-state index in [0.717, 1.165) is 24.8 Å². The summed E-state index contributed by atoms with van der Waals surface area (Å²) in [6.07, 6.45) is 1.18. The second-order valence-corrected chi connectivity index (χ2v) is 6.89. The standard InChI is InChI=1S/C13H27N3S/c1-11(2)16(5)8-6-7-14-12-15-9-13(3,4)10-17-12/h11H,6-10H2,1-5H3,(H,14,15). The summed E-state index contributed by atoms with van der Waals surface area (Å²) in [6.45, 7) is 12.1. The topological polar surface area (TPSA) is 27.6 Å². The molecule has 1 aliphatic rings. The van der Waals surface area contributed by atoms with Gasteiger partial charge in [0.1, 0.15) is 0 Å². The SMILES string of the molecule is CC(C)N(C)CCCNC1=NCC(C)(C)CS1. The summed E-state index contributed by atoms with van der Waals surface area (Å²) in [5.41, 5.74) is 0.369. The van der Waals surface area contributed by atoms with E-state index in [1.807, 2.05) is 11.8 Å². The maximum absolute atomic E-state index is 4.59. The highest BCUT2D eigenvalue weighted by molar-refractivity contribution is 8.13. The van der Waals surface area contributed by atoms with E-state index in [2.05, 4.69) is 50.0 Å². The van der Waals surface area contributed by atoms with Gasteiger partial charge in [-0.15, -0.1) is 0 Å². The van der Waals surface area contributed by atoms with E-state index in [4.69, 9.17) is 0 Å². The van der Waals surface area contributed by atoms with Crippen LogP contribution in [0.1, 0.15) is 34.1 Å². The van der Waals surface area contributed by atoms with Crippen molar-refractivity contribution in [2.45, 2.75) is 40.2 Å². The Kier molecular flexibility index (Phi) is 5.80. The van der Waals surface area contributed by atoms with Crippen molar-refractivity contribution in [2.24, 2.45) is 10.4 Å². The molecule has 0 spiro atoms. The van der Waals surface area contributed by atoms with Gasteiger partial charge in [-0.25, -0.2) is 0 Å². The zero-order valence-corrected chi connectivity index (χ0v) is 12.7. The maximum atomic E-state index is 4.59. The summed E-state index contributed by atoms with van der Waals surface area (Å²) >= 11 is 1.86. The molecule has 17 heavy (non-hydrogen) atoms. The molecule has 0 unspecified atom stereocenters. The first kappa shape index (κ1) is 14.8. The minimum atomic E-state index is 0.369. The van der Waals surface area contributed by atoms with Crippen molar-refractivity contribution in [2.75, 3.05) is 32.4 Å². The van der Waals surface area contributed by atoms with Gasteiger partial charge in [-0.3, -0.25) is 4.99 Å². The Labute approximate surface area is 110 Å². The number of aliphatic imine (C=N–C) groups is 1. The third-order valence-electron chi connectivity index (χ3n) is 3.10. The smallest absolute Gasteiger partial charge is 0.156 e. The number of rotatable bonds is 5. The molecule has 3 nitrogen and oxygen atoms in total. The van der Waals surface area contributed by atoms with Crippen LogP contribution in [0.15, 0.2) is 4.99 Å². The Hall–Kier alpha value is -0.220. The lowest BCUT2D eigenvalue weighted by Crippen LogP contribution is -2.33. The minimum Gasteiger partial charge on any atom is -0.365 e. The van der Waals surface area contributed by atoms with E-state index < -0.39 is 0 Å². The number of nitrogens with one attached hydrogen (secondary N) is 1. The lowest BCUT2D eigenvalue weighted by Gasteiger charge is -2.27. The first-order valence-electron chi connectivity index (χ1n) is 6.52. The molecule has 100 valence electrons. The van der Waals surface area contributed by atoms with Crippen molar-refractivity contribution in [3.05, 3.63) is 0 Å². The van der Waals surface area contributed by atoms with Gasteiger partial charge in [0, 0.05) is 24.9 Å². The van der Waals surface area contributed by atoms with E-state index in [-0.39, 0.29) is 0 Å². The molecule has 0 amide bonds. The highest BCUT2D eigenvalue weighted by Crippen LogP contribution is 2.26. The summed E-state index contributed by atoms with van der Waals surface area (Å²) in [7, 11) is 2.18. The van der Waals surface area contributed by atoms with E-state index in [1.165, 1.54) is 12.2 Å². The highest BCUT2D eigenvalue weighted by atomic mass is 32.2. The lowest BCUT2D eigenvalue weighted by molar-refractivity contribution is 0.271. The van der Waals surface area contributed by atoms with Gasteiger partial charge in [-0.1, -0.05) is 25.6 Å². The van der Waals surface area contributed by atoms with Crippen molar-refractivity contribution >= 4 is 16.9 Å². The first-order chi connectivity index (χ1) is 7.91. The fraction of sp³-hybridized carbons (Fsp3) is 0.923. The summed E-state index contributed by atoms with van der Waals surface area (Å²) in [5.74, 6) is 1.17. The number of amidine groups is 1. The molecule has 0 saturated heterocycles. The Morgan fingerprint density at radius 2 is 2.18 bits per heavy atom. The largest absolute Gasteiger partial charge is 0.365 e. The molecular formula is C13H27N3S. The monoisotopic (exact) mass is 257 g/mol. The van der Waals surface area contributed by atoms with Gasteiger partial charge in [-0.2, -0.15) is 0 Å². The minimum absolute atomic E-state index is 0.369. The molecule has 0 aliphatic carbocycles. The Morgan fingerprint density at radius 3 is 2.71 bits per heavy atom. The van der Waals surface area contributed by atoms with Crippen LogP contribution < -0.4 is 5.32 Å². The number of hydrogen-bond acceptors (Lipinski definition) is 4. The zero-order valence-electron chi connectivity index (χ0n) is 11.9. The molecule has 0 saturated carbocycles. The Bertz CT molecular complexity index is 261. The van der Waals surface area contributed by atoms with Crippen molar-refractivity contribution in [3.8, 4) is 0 Å². The normalized spacial score (nSPS) is 19.6. The van der Waals surface area contributed by atoms with E-state index >= 15 is 0 Å². The fourth-order valence-electron chi connectivity index (χ4n) is 1.53. The number of hydrogen-bond donors (Lipinski definition) is 1. The van der Waals surface area contributed by atoms with E-state index in [9.17, 15) is 0 Å². The van der Waals surface area contributed by atoms with Crippen molar-refractivity contribution in [3.63, 3.8) is 0 Å². The van der Waals surface area contributed by atoms with Gasteiger partial charge in [-0.05, 0) is 39.3 Å². The molecule has 1 rings (SSSR count). The number of thioether (sulfide) groups is 1. The molecule has 4 heteroatoms. The predicted molar refractivity (Wildman–Crippen MR) is 78.9 cm³/mol. The van der Waals surface area contributed by atoms with Crippen molar-refractivity contribution < 1.29 is 0 Å². The molecule has 0 atom stereocenters. The van der Waals surface area contributed by atoms with E-state index in [1.54, 1.807) is 0 Å². The van der Waals surface area contributed by atoms with Gasteiger partial charge in [0.25, 0.3) is 0 Å². The predicted octanol–water partition coefficient (Wildman–Crippen LogP) is 2.44. The van der Waals surface area contributed by atoms with Crippen LogP contribution in [-0.4, -0.2) is 48.5 Å². The third-order valence-corrected chi connectivity index (χ3v) is 4.57. The maximum Gasteiger partial charge on any atom is 0.156 e. The molecule has 0 aromatic rings. The third kappa shape index (κ3) is 5.77. The molecule has 0 aromatic carbocycles. The fourth-order valence-corrected chi connectivity index (χ4v) is 2.51. The lowest BCUT2D eigenvalue weighted by atomic mass is 9.97. The Morgan fingerprint density at radius 1 is 1.47 bits per heavy atom. The first-order valence-corrected chi connectivity index (χ1v) is 7.51. The Balaban J connectivity index is 2.14. The van der Waals surface area contributed by atoms with E-state index in [0.29, 0.717) is 11.5 Å². The average molecular weight is 257 g/mol. The average Bonchev–Trinajstić information content (AvgIpc) is 2.25. The summed E-state index contributed by atoms with van der Waals surface area (Å²) < 4.78 is 0. The van der Waals surface area contributed by atoms with Crippen LogP contribution in [0.3, 0.4) is 0 Å². The molecule has 0 radical (unpaired) electrons. The van der Waals surface area contributed by atoms with Crippen LogP contribution in [-0.2, 0) is 0 Å². The molecule has 1 N–H and O–H groups in total. The summed E-state index contributed by atoms with van der Waals surface area (Å²) in [5, 5.41) is 4.58. The highest BCUT2D eigenvalue weighted by Gasteiger charge is 2.22. The van der Waals surface area contributed by atoms with Crippen LogP contribution in [0.2, 0.25) is 0 Å². The summed E-state index contributed by atoms with van der Waals surface area (Å²) in [4.78, 5) is 6.96. The van der Waals surface area contributed by atoms with Crippen molar-refractivity contribution in [1.29, 1.82) is 0 Å². The second kappa shape index (κ2) is 6.64. The van der Waals surface area contributed by atoms with Crippen LogP contribution in [0.4, 0.5) is 0 Å². The molecule has 0 bridgehead atoms. The number of nitrogens with zero attached hydrogens (tertiary/aromatic N) is 2. The van der Waals surface area contributed by atoms with Gasteiger partial charge < -0.3 is 10.2 Å². The van der Waals surface area contributed by atoms with Gasteiger partial charge >= 0.3 is 0 Å². The quantitative estimate of drug-likeness (QED) is 0.767. The van der Waals surface area contributed by atoms with Gasteiger partial charge in [0.15, 0.2) is 5.17 Å².